The van der Waals surface area contributed by atoms with Crippen molar-refractivity contribution in [3.63, 3.8) is 0 Å². The Balaban J connectivity index is 0. The van der Waals surface area contributed by atoms with E-state index in [1.165, 1.54) is 0 Å². The van der Waals surface area contributed by atoms with Gasteiger partial charge in [0.15, 0.2) is 0 Å². The maximum atomic E-state index is 10.7. The minimum absolute atomic E-state index is 0. The fourth-order valence-corrected chi connectivity index (χ4v) is 0. The molecule has 0 aromatic heterocycles. The van der Waals surface area contributed by atoms with Crippen LogP contribution in [0.2, 0.25) is 0 Å². The average Bonchev–Trinajstić information content (AvgIpc) is 1.35. The van der Waals surface area contributed by atoms with Crippen LogP contribution in [0, 0.1) is 0 Å². The Hall–Kier alpha value is 0.153. The van der Waals surface area contributed by atoms with Gasteiger partial charge in [0.1, 0.15) is 0 Å². The second kappa shape index (κ2) is 3.19. The summed E-state index contributed by atoms with van der Waals surface area (Å²) >= 11 is 0. The summed E-state index contributed by atoms with van der Waals surface area (Å²) in [6, 6.07) is 0. The summed E-state index contributed by atoms with van der Waals surface area (Å²) in [4.78, 5) is 0. The van der Waals surface area contributed by atoms with Crippen LogP contribution in [0.5, 0.6) is 0 Å². The molecule has 0 aromatic rings. The van der Waals surface area contributed by atoms with Crippen LogP contribution in [-0.4, -0.2) is 6.18 Å². The fraction of sp³-hybridized carbons (Fsp3) is 0.333. The van der Waals surface area contributed by atoms with Gasteiger partial charge in [0.05, 0.1) is 0 Å². The zero-order chi connectivity index (χ0) is 5.21. The first kappa shape index (κ1) is 10.2. The van der Waals surface area contributed by atoms with Crippen molar-refractivity contribution in [1.29, 1.82) is 0 Å². The zero-order valence-corrected chi connectivity index (χ0v) is 6.59. The molecule has 0 saturated heterocycles. The molecule has 0 unspecified atom stereocenters. The molecular weight excluding hydrogens is 158 g/mol. The Bertz CT molecular complexity index is 55.7. The Morgan fingerprint density at radius 3 is 1.43 bits per heavy atom. The van der Waals surface area contributed by atoms with Gasteiger partial charge in [-0.2, -0.15) is 13.2 Å². The summed E-state index contributed by atoms with van der Waals surface area (Å²) in [5.41, 5.74) is 0. The first-order chi connectivity index (χ1) is 2.56. The van der Waals surface area contributed by atoms with Gasteiger partial charge in [-0.05, 0) is 0 Å². The Labute approximate surface area is 52.2 Å². The van der Waals surface area contributed by atoms with E-state index in [4.69, 9.17) is 0 Å². The molecule has 0 saturated carbocycles. The van der Waals surface area contributed by atoms with Crippen LogP contribution in [0.15, 0.2) is 12.7 Å². The maximum Gasteiger partial charge on any atom is 0.409 e. The van der Waals surface area contributed by atoms with E-state index in [-0.39, 0.29) is 25.6 Å². The van der Waals surface area contributed by atoms with Gasteiger partial charge in [-0.25, -0.2) is 0 Å². The van der Waals surface area contributed by atoms with Gasteiger partial charge in [-0.3, -0.25) is 0 Å². The quantitative estimate of drug-likeness (QED) is 0.375. The van der Waals surface area contributed by atoms with Crippen LogP contribution < -0.4 is 0 Å². The molecule has 0 aliphatic rings. The first-order valence-electron chi connectivity index (χ1n) is 1.26. The minimum atomic E-state index is -4.19. The van der Waals surface area contributed by atoms with Crippen molar-refractivity contribution in [1.82, 2.24) is 0 Å². The van der Waals surface area contributed by atoms with Crippen molar-refractivity contribution in [3.05, 3.63) is 12.7 Å². The summed E-state index contributed by atoms with van der Waals surface area (Å²) < 4.78 is 32.0. The summed E-state index contributed by atoms with van der Waals surface area (Å²) in [5, 5.41) is 0. The Morgan fingerprint density at radius 1 is 1.29 bits per heavy atom. The molecule has 0 heterocycles. The molecule has 0 aliphatic carbocycles. The number of alkyl halides is 3. The van der Waals surface area contributed by atoms with E-state index in [0.29, 0.717) is 0 Å². The van der Waals surface area contributed by atoms with Gasteiger partial charge in [0, 0.05) is 25.6 Å². The summed E-state index contributed by atoms with van der Waals surface area (Å²) in [6.07, 6.45) is -4.26. The van der Waals surface area contributed by atoms with E-state index in [9.17, 15) is 13.2 Å². The molecule has 4 heteroatoms. The van der Waals surface area contributed by atoms with Gasteiger partial charge < -0.3 is 0 Å². The standard InChI is InChI=1S/C3H3F3.Zn/c1-2-3(4,5)6;/h2H,1H2;. The average molecular weight is 161 g/mol. The Kier molecular flexibility index (Phi) is 4.65. The third-order valence-corrected chi connectivity index (χ3v) is 0.231. The molecule has 0 spiro atoms. The molecule has 0 N–H and O–H groups in total. The van der Waals surface area contributed by atoms with Gasteiger partial charge >= 0.3 is 6.18 Å². The number of allylic oxidation sites excluding steroid dienone is 1. The predicted octanol–water partition coefficient (Wildman–Crippen LogP) is 1.73. The molecule has 0 rings (SSSR count). The molecule has 38 valence electrons. The maximum absolute atomic E-state index is 10.7. The van der Waals surface area contributed by atoms with Gasteiger partial charge in [0.2, 0.25) is 0 Å². The summed E-state index contributed by atoms with van der Waals surface area (Å²) in [7, 11) is 0. The smallest absolute Gasteiger partial charge is 0.167 e. The van der Waals surface area contributed by atoms with Crippen molar-refractivity contribution >= 4 is 0 Å². The van der Waals surface area contributed by atoms with Crippen LogP contribution in [0.3, 0.4) is 0 Å². The molecule has 0 atom stereocenters. The third-order valence-electron chi connectivity index (χ3n) is 0.231. The monoisotopic (exact) mass is 160 g/mol. The third kappa shape index (κ3) is 10.7. The van der Waals surface area contributed by atoms with E-state index in [1.807, 2.05) is 0 Å². The van der Waals surface area contributed by atoms with Crippen molar-refractivity contribution < 1.29 is 32.6 Å². The molecule has 0 radical (unpaired) electrons. The number of rotatable bonds is 0. The van der Waals surface area contributed by atoms with Crippen molar-refractivity contribution in [2.24, 2.45) is 0 Å². The normalized spacial score (nSPS) is 9.57. The summed E-state index contributed by atoms with van der Waals surface area (Å²) in [5.74, 6) is 0. The van der Waals surface area contributed by atoms with Crippen molar-refractivity contribution in [2.45, 2.75) is 6.18 Å². The van der Waals surface area contributed by atoms with Crippen LogP contribution in [0.1, 0.15) is 0 Å². The van der Waals surface area contributed by atoms with E-state index >= 15 is 0 Å². The number of hydrogen-bond donors (Lipinski definition) is 0. The molecule has 0 aliphatic heterocycles. The summed E-state index contributed by atoms with van der Waals surface area (Å²) in [6.45, 7) is 2.51. The second-order valence-corrected chi connectivity index (χ2v) is 0.746. The zero-order valence-electron chi connectivity index (χ0n) is 3.63. The van der Waals surface area contributed by atoms with Gasteiger partial charge in [0.25, 0.3) is 0 Å². The second-order valence-electron chi connectivity index (χ2n) is 0.746. The molecule has 0 nitrogen and oxygen atoms in total. The van der Waals surface area contributed by atoms with E-state index in [1.54, 1.807) is 0 Å². The number of halogens is 3. The molecule has 0 amide bonds. The minimum Gasteiger partial charge on any atom is -0.167 e. The predicted molar refractivity (Wildman–Crippen MR) is 16.3 cm³/mol. The molecule has 0 aromatic carbocycles. The van der Waals surface area contributed by atoms with E-state index < -0.39 is 6.18 Å². The Morgan fingerprint density at radius 2 is 1.43 bits per heavy atom. The topological polar surface area (TPSA) is 0 Å². The van der Waals surface area contributed by atoms with Crippen molar-refractivity contribution in [3.8, 4) is 0 Å². The molecule has 7 heavy (non-hydrogen) atoms. The molecule has 0 fully saturated rings. The number of hydrogen-bond acceptors (Lipinski definition) is 0. The van der Waals surface area contributed by atoms with Gasteiger partial charge in [-0.15, -0.1) is 0 Å². The van der Waals surface area contributed by atoms with Gasteiger partial charge in [-0.1, -0.05) is 6.58 Å². The van der Waals surface area contributed by atoms with Crippen LogP contribution in [0.4, 0.5) is 13.2 Å². The SMILES string of the molecule is C=CC(F)(F)F.[Zn]. The van der Waals surface area contributed by atoms with E-state index in [2.05, 4.69) is 6.58 Å². The molecular formula is C3H3F3Zn. The first-order valence-corrected chi connectivity index (χ1v) is 1.26. The van der Waals surface area contributed by atoms with Crippen LogP contribution in [0.25, 0.3) is 0 Å². The molecule has 0 bridgehead atoms. The van der Waals surface area contributed by atoms with Crippen molar-refractivity contribution in [2.75, 3.05) is 0 Å². The van der Waals surface area contributed by atoms with E-state index in [0.717, 1.165) is 0 Å². The van der Waals surface area contributed by atoms with Crippen LogP contribution >= 0.6 is 0 Å². The largest absolute Gasteiger partial charge is 0.409 e. The van der Waals surface area contributed by atoms with Crippen LogP contribution in [-0.2, 0) is 19.5 Å². The fourth-order valence-electron chi connectivity index (χ4n) is 0.